The number of carbonyl (C=O) groups excluding carboxylic acids is 1. The van der Waals surface area contributed by atoms with Crippen molar-refractivity contribution < 1.29 is 9.53 Å². The number of nitrogens with one attached hydrogen (secondary N) is 1. The first kappa shape index (κ1) is 48.0. The van der Waals surface area contributed by atoms with Gasteiger partial charge in [0.2, 0.25) is 0 Å². The molecule has 66 heavy (non-hydrogen) atoms. The molecule has 6 aliphatic carbocycles. The molecule has 4 heteroatoms. The van der Waals surface area contributed by atoms with E-state index in [4.69, 9.17) is 4.74 Å². The van der Waals surface area contributed by atoms with Crippen molar-refractivity contribution in [2.45, 2.75) is 251 Å². The maximum Gasteiger partial charge on any atom is 0.251 e. The average Bonchev–Trinajstić information content (AvgIpc) is 3.91. The standard InChI is InChI=1S/C62H98N2O2/c1-41-16-10-22-48(34-41)55-61(52-25-13-19-44(4)37-52)59(40-63-57(65)47-28-30-50(31-29-47)58(7,8)9)32-33-60(66-59,51-24-12-18-43(3)36-51)62(61,53-26-14-20-45(5)38-53)56(49-23-11-17-42(2)35-49)64(55)54-27-15-21-46(6)39-54/h28-33,41-46,48-49,51-56H,10-27,34-40H2,1-9H3,(H,63,65). The molecule has 0 aromatic heterocycles. The largest absolute Gasteiger partial charge is 0.357 e. The second kappa shape index (κ2) is 18.5. The first-order chi connectivity index (χ1) is 31.6. The molecule has 0 spiro atoms. The third-order valence-electron chi connectivity index (χ3n) is 22.0. The van der Waals surface area contributed by atoms with Crippen LogP contribution in [0.4, 0.5) is 0 Å². The fourth-order valence-corrected chi connectivity index (χ4v) is 19.8. The summed E-state index contributed by atoms with van der Waals surface area (Å²) in [4.78, 5) is 18.6. The van der Waals surface area contributed by atoms with Crippen molar-refractivity contribution in [1.29, 1.82) is 0 Å². The number of benzene rings is 1. The molecule has 18 unspecified atom stereocenters. The van der Waals surface area contributed by atoms with Gasteiger partial charge in [0.25, 0.3) is 5.91 Å². The van der Waals surface area contributed by atoms with Crippen molar-refractivity contribution in [3.63, 3.8) is 0 Å². The van der Waals surface area contributed by atoms with E-state index in [1.54, 1.807) is 0 Å². The molecule has 2 bridgehead atoms. The van der Waals surface area contributed by atoms with Gasteiger partial charge in [-0.25, -0.2) is 0 Å². The van der Waals surface area contributed by atoms with Crippen LogP contribution in [0, 0.1) is 75.9 Å². The SMILES string of the molecule is CC1CCCC(C2N(C3CCCC(C)C3)C(C3CCCC(C)C3)C3(C4CCCC(C)C4)C4(C5CCCC(C)C5)C=CC(CNC(=O)c5ccc(C(C)(C)C)cc5)(O4)C23C2CCCC(C)C2)C1. The number of hydrogen-bond acceptors (Lipinski definition) is 3. The Hall–Kier alpha value is -1.65. The predicted molar refractivity (Wildman–Crippen MR) is 274 cm³/mol. The number of carbonyl (C=O) groups is 1. The Bertz CT molecular complexity index is 1880. The summed E-state index contributed by atoms with van der Waals surface area (Å²) >= 11 is 0. The van der Waals surface area contributed by atoms with Crippen LogP contribution in [0.1, 0.15) is 232 Å². The van der Waals surface area contributed by atoms with Gasteiger partial charge in [-0.2, -0.15) is 0 Å². The van der Waals surface area contributed by atoms with Gasteiger partial charge < -0.3 is 10.1 Å². The Balaban J connectivity index is 1.27. The van der Waals surface area contributed by atoms with Crippen molar-refractivity contribution in [3.8, 4) is 0 Å². The molecule has 1 N–H and O–H groups in total. The topological polar surface area (TPSA) is 41.6 Å². The number of ether oxygens (including phenoxy) is 1. The van der Waals surface area contributed by atoms with E-state index < -0.39 is 5.60 Å². The van der Waals surface area contributed by atoms with Gasteiger partial charge >= 0.3 is 0 Å². The molecule has 6 saturated carbocycles. The minimum Gasteiger partial charge on any atom is -0.357 e. The summed E-state index contributed by atoms with van der Waals surface area (Å²) in [6.07, 6.45) is 38.5. The van der Waals surface area contributed by atoms with Gasteiger partial charge in [0, 0.05) is 34.5 Å². The number of fused-ring (bicyclic) bond motifs is 5. The van der Waals surface area contributed by atoms with Crippen molar-refractivity contribution in [2.75, 3.05) is 6.54 Å². The van der Waals surface area contributed by atoms with Crippen LogP contribution >= 0.6 is 0 Å². The average molecular weight is 903 g/mol. The molecule has 9 aliphatic rings. The fraction of sp³-hybridized carbons (Fsp3) is 0.855. The van der Waals surface area contributed by atoms with Crippen molar-refractivity contribution in [2.24, 2.45) is 75.9 Å². The zero-order chi connectivity index (χ0) is 46.2. The van der Waals surface area contributed by atoms with Crippen LogP contribution in [-0.2, 0) is 10.2 Å². The molecule has 10 rings (SSSR count). The molecule has 3 aliphatic heterocycles. The van der Waals surface area contributed by atoms with E-state index in [2.05, 4.69) is 109 Å². The van der Waals surface area contributed by atoms with Gasteiger partial charge in [-0.15, -0.1) is 0 Å². The predicted octanol–water partition coefficient (Wildman–Crippen LogP) is 15.5. The van der Waals surface area contributed by atoms with Gasteiger partial charge in [0.1, 0.15) is 5.60 Å². The van der Waals surface area contributed by atoms with Crippen LogP contribution in [0.3, 0.4) is 0 Å². The van der Waals surface area contributed by atoms with Gasteiger partial charge in [-0.3, -0.25) is 9.69 Å². The molecule has 1 amide bonds. The van der Waals surface area contributed by atoms with E-state index in [-0.39, 0.29) is 27.8 Å². The molecular formula is C62H98N2O2. The van der Waals surface area contributed by atoms with E-state index in [9.17, 15) is 0 Å². The second-order valence-corrected chi connectivity index (χ2v) is 27.6. The highest BCUT2D eigenvalue weighted by molar-refractivity contribution is 5.94. The number of hydrogen-bond donors (Lipinski definition) is 1. The fourth-order valence-electron chi connectivity index (χ4n) is 19.8. The monoisotopic (exact) mass is 903 g/mol. The molecule has 3 heterocycles. The lowest BCUT2D eigenvalue weighted by Gasteiger charge is -2.66. The van der Waals surface area contributed by atoms with Crippen molar-refractivity contribution in [3.05, 3.63) is 47.5 Å². The van der Waals surface area contributed by atoms with E-state index in [1.165, 1.54) is 160 Å². The normalized spacial score (nSPS) is 47.7. The first-order valence-corrected chi connectivity index (χ1v) is 29.2. The Kier molecular flexibility index (Phi) is 13.5. The summed E-state index contributed by atoms with van der Waals surface area (Å²) < 4.78 is 8.94. The smallest absolute Gasteiger partial charge is 0.251 e. The molecule has 8 fully saturated rings. The minimum atomic E-state index is -0.546. The van der Waals surface area contributed by atoms with Crippen LogP contribution < -0.4 is 5.32 Å². The van der Waals surface area contributed by atoms with E-state index in [1.807, 2.05) is 0 Å². The first-order valence-electron chi connectivity index (χ1n) is 29.2. The van der Waals surface area contributed by atoms with Crippen LogP contribution in [0.2, 0.25) is 0 Å². The van der Waals surface area contributed by atoms with Crippen molar-refractivity contribution >= 4 is 5.91 Å². The molecular weight excluding hydrogens is 805 g/mol. The molecule has 368 valence electrons. The maximum atomic E-state index is 15.0. The zero-order valence-electron chi connectivity index (χ0n) is 44.0. The summed E-state index contributed by atoms with van der Waals surface area (Å²) in [6, 6.07) is 10.3. The maximum absolute atomic E-state index is 15.0. The van der Waals surface area contributed by atoms with Gasteiger partial charge in [-0.05, 0) is 165 Å². The Labute approximate surface area is 405 Å². The van der Waals surface area contributed by atoms with Crippen LogP contribution in [0.25, 0.3) is 0 Å². The second-order valence-electron chi connectivity index (χ2n) is 27.6. The van der Waals surface area contributed by atoms with Gasteiger partial charge in [0.05, 0.1) is 12.1 Å². The lowest BCUT2D eigenvalue weighted by atomic mass is 9.34. The molecule has 1 aromatic carbocycles. The molecule has 1 aromatic rings. The van der Waals surface area contributed by atoms with Gasteiger partial charge in [-0.1, -0.05) is 164 Å². The highest BCUT2D eigenvalue weighted by atomic mass is 16.5. The van der Waals surface area contributed by atoms with E-state index in [0.29, 0.717) is 54.3 Å². The third kappa shape index (κ3) is 7.72. The number of amides is 1. The lowest BCUT2D eigenvalue weighted by molar-refractivity contribution is -0.166. The molecule has 2 saturated heterocycles. The lowest BCUT2D eigenvalue weighted by Crippen LogP contribution is -2.71. The number of likely N-dealkylation sites (tertiary alicyclic amines) is 1. The van der Waals surface area contributed by atoms with Crippen molar-refractivity contribution in [1.82, 2.24) is 10.2 Å². The zero-order valence-corrected chi connectivity index (χ0v) is 44.0. The van der Waals surface area contributed by atoms with E-state index >= 15 is 4.79 Å². The summed E-state index contributed by atoms with van der Waals surface area (Å²) in [5, 5.41) is 3.86. The number of nitrogens with zero attached hydrogens (tertiary/aromatic N) is 1. The van der Waals surface area contributed by atoms with Gasteiger partial charge in [0.15, 0.2) is 0 Å². The summed E-state index contributed by atoms with van der Waals surface area (Å²) in [5.41, 5.74) is 1.19. The minimum absolute atomic E-state index is 0.000266. The van der Waals surface area contributed by atoms with Crippen LogP contribution in [-0.4, -0.2) is 46.7 Å². The van der Waals surface area contributed by atoms with Crippen LogP contribution in [0.15, 0.2) is 36.4 Å². The third-order valence-corrected chi connectivity index (χ3v) is 22.0. The van der Waals surface area contributed by atoms with E-state index in [0.717, 1.165) is 41.1 Å². The number of rotatable bonds is 9. The Morgan fingerprint density at radius 2 is 1.02 bits per heavy atom. The quantitative estimate of drug-likeness (QED) is 0.251. The molecule has 18 atom stereocenters. The summed E-state index contributed by atoms with van der Waals surface area (Å²) in [6.45, 7) is 23.2. The molecule has 4 nitrogen and oxygen atoms in total. The highest BCUT2D eigenvalue weighted by Crippen LogP contribution is 2.85. The summed E-state index contributed by atoms with van der Waals surface area (Å²) in [7, 11) is 0. The highest BCUT2D eigenvalue weighted by Gasteiger charge is 2.91. The summed E-state index contributed by atoms with van der Waals surface area (Å²) in [5.74, 6) is 7.78. The molecule has 0 radical (unpaired) electrons. The van der Waals surface area contributed by atoms with Crippen LogP contribution in [0.5, 0.6) is 0 Å². The Morgan fingerprint density at radius 3 is 1.53 bits per heavy atom. The Morgan fingerprint density at radius 1 is 0.561 bits per heavy atom.